The summed E-state index contributed by atoms with van der Waals surface area (Å²) in [5, 5.41) is 0. The van der Waals surface area contributed by atoms with Crippen molar-refractivity contribution >= 4 is 11.9 Å². The summed E-state index contributed by atoms with van der Waals surface area (Å²) in [4.78, 5) is 22.6. The van der Waals surface area contributed by atoms with E-state index in [1.807, 2.05) is 6.92 Å². The largest absolute Gasteiger partial charge is 0.501 e. The van der Waals surface area contributed by atoms with E-state index in [-0.39, 0.29) is 12.6 Å². The number of cyclic esters (lactones) is 1. The molecule has 1 unspecified atom stereocenters. The van der Waals surface area contributed by atoms with Gasteiger partial charge >= 0.3 is 11.9 Å². The molecule has 17 heavy (non-hydrogen) atoms. The zero-order chi connectivity index (χ0) is 12.7. The van der Waals surface area contributed by atoms with E-state index >= 15 is 0 Å². The molecule has 0 radical (unpaired) electrons. The summed E-state index contributed by atoms with van der Waals surface area (Å²) in [6.07, 6.45) is 3.35. The third-order valence-corrected chi connectivity index (χ3v) is 2.41. The Labute approximate surface area is 101 Å². The smallest absolute Gasteiger partial charge is 0.334 e. The van der Waals surface area contributed by atoms with Crippen LogP contribution in [0.1, 0.15) is 32.6 Å². The number of rotatable bonds is 5. The first-order valence-corrected chi connectivity index (χ1v) is 5.76. The summed E-state index contributed by atoms with van der Waals surface area (Å²) in [7, 11) is 1.47. The highest BCUT2D eigenvalue weighted by Gasteiger charge is 2.22. The van der Waals surface area contributed by atoms with Crippen molar-refractivity contribution < 1.29 is 23.8 Å². The van der Waals surface area contributed by atoms with Gasteiger partial charge in [0.05, 0.1) is 13.2 Å². The quantitative estimate of drug-likeness (QED) is 0.685. The lowest BCUT2D eigenvalue weighted by Gasteiger charge is -2.15. The first-order chi connectivity index (χ1) is 8.15. The van der Waals surface area contributed by atoms with Crippen molar-refractivity contribution in [1.29, 1.82) is 0 Å². The van der Waals surface area contributed by atoms with Crippen LogP contribution in [0.25, 0.3) is 0 Å². The molecule has 5 nitrogen and oxygen atoms in total. The third kappa shape index (κ3) is 4.89. The number of unbranched alkanes of at least 4 members (excludes halogenated alkanes) is 1. The molecule has 0 spiro atoms. The van der Waals surface area contributed by atoms with Crippen molar-refractivity contribution in [2.45, 2.75) is 38.7 Å². The normalized spacial score (nSPS) is 20.0. The fraction of sp³-hybridized carbons (Fsp3) is 0.667. The van der Waals surface area contributed by atoms with Crippen LogP contribution in [0.15, 0.2) is 11.8 Å². The number of carbonyl (C=O) groups excluding carboxylic acids is 2. The summed E-state index contributed by atoms with van der Waals surface area (Å²) < 4.78 is 15.1. The van der Waals surface area contributed by atoms with Gasteiger partial charge in [-0.2, -0.15) is 0 Å². The highest BCUT2D eigenvalue weighted by molar-refractivity contribution is 5.82. The monoisotopic (exact) mass is 242 g/mol. The Morgan fingerprint density at radius 3 is 3.00 bits per heavy atom. The molecular formula is C12H18O5. The van der Waals surface area contributed by atoms with E-state index in [0.717, 1.165) is 12.8 Å². The molecule has 5 heteroatoms. The molecule has 1 atom stereocenters. The van der Waals surface area contributed by atoms with Crippen LogP contribution in [0.3, 0.4) is 0 Å². The number of hydrogen-bond donors (Lipinski definition) is 0. The molecule has 0 aliphatic carbocycles. The van der Waals surface area contributed by atoms with Crippen LogP contribution >= 0.6 is 0 Å². The molecule has 0 aromatic heterocycles. The van der Waals surface area contributed by atoms with E-state index in [9.17, 15) is 9.59 Å². The second-order valence-electron chi connectivity index (χ2n) is 3.86. The van der Waals surface area contributed by atoms with Crippen LogP contribution < -0.4 is 0 Å². The highest BCUT2D eigenvalue weighted by atomic mass is 16.6. The van der Waals surface area contributed by atoms with E-state index in [4.69, 9.17) is 14.2 Å². The van der Waals surface area contributed by atoms with Crippen LogP contribution in [0.2, 0.25) is 0 Å². The Bertz CT molecular complexity index is 308. The standard InChI is InChI=1S/C12H18O5/c1-3-4-5-11(13)17-10-6-9(15-2)7-12(14)16-8-10/h7,10H,3-6,8H2,1-2H3. The van der Waals surface area contributed by atoms with Crippen LogP contribution in [0, 0.1) is 0 Å². The number of carbonyl (C=O) groups is 2. The van der Waals surface area contributed by atoms with Crippen molar-refractivity contribution in [2.75, 3.05) is 13.7 Å². The molecule has 1 aliphatic rings. The maximum Gasteiger partial charge on any atom is 0.334 e. The van der Waals surface area contributed by atoms with E-state index in [1.165, 1.54) is 13.2 Å². The molecule has 0 aromatic rings. The topological polar surface area (TPSA) is 61.8 Å². The Balaban J connectivity index is 2.46. The highest BCUT2D eigenvalue weighted by Crippen LogP contribution is 2.15. The number of ether oxygens (including phenoxy) is 3. The van der Waals surface area contributed by atoms with Crippen molar-refractivity contribution in [3.8, 4) is 0 Å². The molecule has 0 aromatic carbocycles. The number of hydrogen-bond acceptors (Lipinski definition) is 5. The van der Waals surface area contributed by atoms with Crippen LogP contribution in [-0.4, -0.2) is 31.8 Å². The zero-order valence-corrected chi connectivity index (χ0v) is 10.2. The maximum atomic E-state index is 11.4. The summed E-state index contributed by atoms with van der Waals surface area (Å²) in [5.41, 5.74) is 0. The third-order valence-electron chi connectivity index (χ3n) is 2.41. The van der Waals surface area contributed by atoms with Crippen LogP contribution in [0.4, 0.5) is 0 Å². The van der Waals surface area contributed by atoms with Gasteiger partial charge < -0.3 is 14.2 Å². The van der Waals surface area contributed by atoms with E-state index < -0.39 is 12.1 Å². The minimum atomic E-state index is -0.464. The molecule has 0 N–H and O–H groups in total. The molecule has 1 aliphatic heterocycles. The molecule has 1 heterocycles. The predicted molar refractivity (Wildman–Crippen MR) is 60.1 cm³/mol. The minimum absolute atomic E-state index is 0.0834. The molecule has 0 amide bonds. The van der Waals surface area contributed by atoms with Gasteiger partial charge in [-0.25, -0.2) is 4.79 Å². The van der Waals surface area contributed by atoms with Crippen molar-refractivity contribution in [1.82, 2.24) is 0 Å². The SMILES string of the molecule is CCCCC(=O)OC1COC(=O)C=C(OC)C1. The van der Waals surface area contributed by atoms with Gasteiger partial charge in [0.1, 0.15) is 18.5 Å². The molecule has 0 saturated carbocycles. The van der Waals surface area contributed by atoms with Crippen molar-refractivity contribution in [3.05, 3.63) is 11.8 Å². The van der Waals surface area contributed by atoms with Crippen molar-refractivity contribution in [3.63, 3.8) is 0 Å². The molecule has 0 bridgehead atoms. The van der Waals surface area contributed by atoms with Gasteiger partial charge in [0, 0.05) is 12.8 Å². The van der Waals surface area contributed by atoms with Gasteiger partial charge in [-0.05, 0) is 6.42 Å². The fourth-order valence-electron chi connectivity index (χ4n) is 1.47. The summed E-state index contributed by atoms with van der Waals surface area (Å²) >= 11 is 0. The molecule has 0 fully saturated rings. The lowest BCUT2D eigenvalue weighted by molar-refractivity contribution is -0.156. The molecule has 96 valence electrons. The van der Waals surface area contributed by atoms with E-state index in [0.29, 0.717) is 18.6 Å². The first-order valence-electron chi connectivity index (χ1n) is 5.76. The Morgan fingerprint density at radius 2 is 2.35 bits per heavy atom. The van der Waals surface area contributed by atoms with Crippen LogP contribution in [0.5, 0.6) is 0 Å². The molecular weight excluding hydrogens is 224 g/mol. The Hall–Kier alpha value is -1.52. The van der Waals surface area contributed by atoms with Gasteiger partial charge in [-0.3, -0.25) is 4.79 Å². The molecule has 1 rings (SSSR count). The average Bonchev–Trinajstić information content (AvgIpc) is 2.49. The Morgan fingerprint density at radius 1 is 1.59 bits per heavy atom. The summed E-state index contributed by atoms with van der Waals surface area (Å²) in [6.45, 7) is 2.09. The average molecular weight is 242 g/mol. The van der Waals surface area contributed by atoms with Crippen molar-refractivity contribution in [2.24, 2.45) is 0 Å². The van der Waals surface area contributed by atoms with Gasteiger partial charge in [-0.15, -0.1) is 0 Å². The lowest BCUT2D eigenvalue weighted by Crippen LogP contribution is -2.23. The van der Waals surface area contributed by atoms with Gasteiger partial charge in [0.15, 0.2) is 0 Å². The molecule has 0 saturated heterocycles. The number of esters is 2. The summed E-state index contributed by atoms with van der Waals surface area (Å²) in [5.74, 6) is -0.250. The Kier molecular flexibility index (Phi) is 5.52. The maximum absolute atomic E-state index is 11.4. The second-order valence-corrected chi connectivity index (χ2v) is 3.86. The van der Waals surface area contributed by atoms with Gasteiger partial charge in [-0.1, -0.05) is 13.3 Å². The minimum Gasteiger partial charge on any atom is -0.501 e. The van der Waals surface area contributed by atoms with E-state index in [1.54, 1.807) is 0 Å². The van der Waals surface area contributed by atoms with Crippen LogP contribution in [-0.2, 0) is 23.8 Å². The first kappa shape index (κ1) is 13.5. The van der Waals surface area contributed by atoms with Gasteiger partial charge in [0.2, 0.25) is 0 Å². The number of methoxy groups -OCH3 is 1. The predicted octanol–water partition coefficient (Wildman–Crippen LogP) is 1.57. The van der Waals surface area contributed by atoms with E-state index in [2.05, 4.69) is 0 Å². The second kappa shape index (κ2) is 6.93. The zero-order valence-electron chi connectivity index (χ0n) is 10.2. The summed E-state index contributed by atoms with van der Waals surface area (Å²) in [6, 6.07) is 0. The van der Waals surface area contributed by atoms with Gasteiger partial charge in [0.25, 0.3) is 0 Å². The fourth-order valence-corrected chi connectivity index (χ4v) is 1.47. The lowest BCUT2D eigenvalue weighted by atomic mass is 10.2.